The predicted octanol–water partition coefficient (Wildman–Crippen LogP) is 3.19. The fourth-order valence-corrected chi connectivity index (χ4v) is 2.71. The quantitative estimate of drug-likeness (QED) is 0.694. The molecule has 0 aliphatic carbocycles. The Morgan fingerprint density at radius 2 is 2.10 bits per heavy atom. The highest BCUT2D eigenvalue weighted by molar-refractivity contribution is 7.21. The van der Waals surface area contributed by atoms with Crippen LogP contribution in [0.15, 0.2) is 40.8 Å². The van der Waals surface area contributed by atoms with E-state index in [1.807, 2.05) is 24.3 Å². The number of thiazole rings is 1. The summed E-state index contributed by atoms with van der Waals surface area (Å²) in [4.78, 5) is 21.2. The van der Waals surface area contributed by atoms with Gasteiger partial charge in [-0.2, -0.15) is 0 Å². The van der Waals surface area contributed by atoms with E-state index in [0.717, 1.165) is 20.3 Å². The molecule has 2 heterocycles. The van der Waals surface area contributed by atoms with Crippen LogP contribution in [0, 0.1) is 0 Å². The lowest BCUT2D eigenvalue weighted by atomic mass is 10.3. The Morgan fingerprint density at radius 3 is 2.85 bits per heavy atom. The van der Waals surface area contributed by atoms with Gasteiger partial charge in [0.15, 0.2) is 16.5 Å². The fourth-order valence-electron chi connectivity index (χ4n) is 1.78. The van der Waals surface area contributed by atoms with Crippen LogP contribution in [0.4, 0.5) is 0 Å². The normalized spacial score (nSPS) is 10.9. The highest BCUT2D eigenvalue weighted by atomic mass is 32.1. The Balaban J connectivity index is 1.95. The zero-order valence-electron chi connectivity index (χ0n) is 11.0. The number of carbonyl (C=O) groups excluding carboxylic acids is 1. The van der Waals surface area contributed by atoms with Crippen molar-refractivity contribution in [2.75, 3.05) is 14.2 Å². The first-order chi connectivity index (χ1) is 9.69. The molecule has 0 saturated carbocycles. The number of amides is 1. The number of rotatable bonds is 3. The molecule has 3 rings (SSSR count). The molecule has 0 aliphatic heterocycles. The van der Waals surface area contributed by atoms with Crippen molar-refractivity contribution in [1.29, 1.82) is 0 Å². The molecule has 3 aromatic rings. The average molecular weight is 288 g/mol. The van der Waals surface area contributed by atoms with Crippen LogP contribution in [0.25, 0.3) is 21.0 Å². The second-order valence-electron chi connectivity index (χ2n) is 4.14. The summed E-state index contributed by atoms with van der Waals surface area (Å²) in [5.74, 6) is 0.475. The van der Waals surface area contributed by atoms with Crippen LogP contribution in [0.2, 0.25) is 0 Å². The lowest BCUT2D eigenvalue weighted by molar-refractivity contribution is -0.0773. The van der Waals surface area contributed by atoms with E-state index in [0.29, 0.717) is 5.76 Å². The van der Waals surface area contributed by atoms with E-state index in [9.17, 15) is 4.79 Å². The summed E-state index contributed by atoms with van der Waals surface area (Å²) >= 11 is 1.53. The van der Waals surface area contributed by atoms with E-state index in [1.165, 1.54) is 25.5 Å². The van der Waals surface area contributed by atoms with Crippen molar-refractivity contribution < 1.29 is 14.0 Å². The van der Waals surface area contributed by atoms with E-state index in [4.69, 9.17) is 9.25 Å². The maximum absolute atomic E-state index is 11.9. The Kier molecular flexibility index (Phi) is 3.25. The Hall–Kier alpha value is -2.18. The van der Waals surface area contributed by atoms with E-state index >= 15 is 0 Å². The zero-order valence-corrected chi connectivity index (χ0v) is 11.8. The minimum Gasteiger partial charge on any atom is -0.448 e. The SMILES string of the molecule is CON(C)C(=O)c1ccc(-c2nc3ccccc3s2)o1. The second-order valence-corrected chi connectivity index (χ2v) is 5.17. The van der Waals surface area contributed by atoms with Crippen molar-refractivity contribution in [2.45, 2.75) is 0 Å². The van der Waals surface area contributed by atoms with Crippen LogP contribution < -0.4 is 0 Å². The number of aromatic nitrogens is 1. The molecule has 0 spiro atoms. The third-order valence-corrected chi connectivity index (χ3v) is 3.93. The van der Waals surface area contributed by atoms with Crippen molar-refractivity contribution >= 4 is 27.5 Å². The largest absolute Gasteiger partial charge is 0.448 e. The van der Waals surface area contributed by atoms with Gasteiger partial charge in [0.05, 0.1) is 17.3 Å². The van der Waals surface area contributed by atoms with Crippen molar-refractivity contribution in [3.63, 3.8) is 0 Å². The number of para-hydroxylation sites is 1. The molecule has 0 aliphatic rings. The van der Waals surface area contributed by atoms with Crippen LogP contribution >= 0.6 is 11.3 Å². The van der Waals surface area contributed by atoms with E-state index in [2.05, 4.69) is 4.98 Å². The smallest absolute Gasteiger partial charge is 0.312 e. The number of benzene rings is 1. The number of fused-ring (bicyclic) bond motifs is 1. The van der Waals surface area contributed by atoms with Crippen molar-refractivity contribution in [3.05, 3.63) is 42.2 Å². The fraction of sp³-hybridized carbons (Fsp3) is 0.143. The van der Waals surface area contributed by atoms with Crippen LogP contribution in [0.3, 0.4) is 0 Å². The number of furan rings is 1. The standard InChI is InChI=1S/C14H12N2O3S/c1-16(18-2)14(17)11-8-7-10(19-11)13-15-9-5-3-4-6-12(9)20-13/h3-8H,1-2H3. The van der Waals surface area contributed by atoms with E-state index < -0.39 is 0 Å². The molecule has 0 unspecified atom stereocenters. The maximum atomic E-state index is 11.9. The molecule has 5 nitrogen and oxygen atoms in total. The van der Waals surface area contributed by atoms with Gasteiger partial charge in [-0.3, -0.25) is 9.63 Å². The third kappa shape index (κ3) is 2.19. The molecule has 0 saturated heterocycles. The molecule has 20 heavy (non-hydrogen) atoms. The summed E-state index contributed by atoms with van der Waals surface area (Å²) in [5, 5.41) is 1.87. The van der Waals surface area contributed by atoms with Crippen LogP contribution in [-0.4, -0.2) is 30.1 Å². The van der Waals surface area contributed by atoms with Gasteiger partial charge < -0.3 is 4.42 Å². The van der Waals surface area contributed by atoms with Crippen molar-refractivity contribution in [3.8, 4) is 10.8 Å². The summed E-state index contributed by atoms with van der Waals surface area (Å²) in [5.41, 5.74) is 0.922. The predicted molar refractivity (Wildman–Crippen MR) is 76.4 cm³/mol. The van der Waals surface area contributed by atoms with Gasteiger partial charge in [-0.1, -0.05) is 12.1 Å². The number of hydrogen-bond acceptors (Lipinski definition) is 5. The number of carbonyl (C=O) groups is 1. The number of hydrogen-bond donors (Lipinski definition) is 0. The molecular formula is C14H12N2O3S. The summed E-state index contributed by atoms with van der Waals surface area (Å²) < 4.78 is 6.64. The lowest BCUT2D eigenvalue weighted by Crippen LogP contribution is -2.24. The molecular weight excluding hydrogens is 276 g/mol. The molecule has 0 N–H and O–H groups in total. The molecule has 0 atom stereocenters. The maximum Gasteiger partial charge on any atom is 0.312 e. The van der Waals surface area contributed by atoms with Crippen LogP contribution in [0.1, 0.15) is 10.6 Å². The molecule has 2 aromatic heterocycles. The molecule has 6 heteroatoms. The molecule has 1 amide bonds. The topological polar surface area (TPSA) is 55.6 Å². The first-order valence-corrected chi connectivity index (χ1v) is 6.78. The van der Waals surface area contributed by atoms with Gasteiger partial charge in [-0.25, -0.2) is 10.0 Å². The minimum atomic E-state index is -0.333. The van der Waals surface area contributed by atoms with Gasteiger partial charge in [0.2, 0.25) is 0 Å². The first kappa shape index (κ1) is 12.8. The minimum absolute atomic E-state index is 0.226. The zero-order chi connectivity index (χ0) is 14.1. The van der Waals surface area contributed by atoms with Gasteiger partial charge in [0, 0.05) is 7.05 Å². The van der Waals surface area contributed by atoms with Gasteiger partial charge in [0.25, 0.3) is 0 Å². The Bertz CT molecular complexity index is 729. The highest BCUT2D eigenvalue weighted by Crippen LogP contribution is 2.31. The molecule has 0 bridgehead atoms. The van der Waals surface area contributed by atoms with Gasteiger partial charge in [0.1, 0.15) is 0 Å². The van der Waals surface area contributed by atoms with Crippen molar-refractivity contribution in [1.82, 2.24) is 10.0 Å². The second kappa shape index (κ2) is 5.07. The van der Waals surface area contributed by atoms with Crippen LogP contribution in [0.5, 0.6) is 0 Å². The average Bonchev–Trinajstić information content (AvgIpc) is 3.11. The van der Waals surface area contributed by atoms with Gasteiger partial charge in [-0.15, -0.1) is 11.3 Å². The summed E-state index contributed by atoms with van der Waals surface area (Å²) in [7, 11) is 2.96. The number of hydroxylamine groups is 2. The third-order valence-electron chi connectivity index (χ3n) is 2.88. The summed E-state index contributed by atoms with van der Waals surface area (Å²) in [6, 6.07) is 11.2. The van der Waals surface area contributed by atoms with E-state index in [-0.39, 0.29) is 11.7 Å². The Morgan fingerprint density at radius 1 is 1.30 bits per heavy atom. The summed E-state index contributed by atoms with van der Waals surface area (Å²) in [6.07, 6.45) is 0. The van der Waals surface area contributed by atoms with Gasteiger partial charge in [-0.05, 0) is 24.3 Å². The number of nitrogens with zero attached hydrogens (tertiary/aromatic N) is 2. The van der Waals surface area contributed by atoms with Crippen molar-refractivity contribution in [2.24, 2.45) is 0 Å². The van der Waals surface area contributed by atoms with E-state index in [1.54, 1.807) is 12.1 Å². The summed E-state index contributed by atoms with van der Waals surface area (Å²) in [6.45, 7) is 0. The Labute approximate surface area is 119 Å². The van der Waals surface area contributed by atoms with Crippen LogP contribution in [-0.2, 0) is 4.84 Å². The highest BCUT2D eigenvalue weighted by Gasteiger charge is 2.18. The monoisotopic (exact) mass is 288 g/mol. The molecule has 1 aromatic carbocycles. The first-order valence-electron chi connectivity index (χ1n) is 5.97. The molecule has 102 valence electrons. The molecule has 0 radical (unpaired) electrons. The van der Waals surface area contributed by atoms with Gasteiger partial charge >= 0.3 is 5.91 Å². The molecule has 0 fully saturated rings. The lowest BCUT2D eigenvalue weighted by Gasteiger charge is -2.10.